The summed E-state index contributed by atoms with van der Waals surface area (Å²) in [6, 6.07) is 9.91. The lowest BCUT2D eigenvalue weighted by Crippen LogP contribution is -2.05. The highest BCUT2D eigenvalue weighted by Gasteiger charge is 2.16. The average Bonchev–Trinajstić information content (AvgIpc) is 2.54. The fraction of sp³-hybridized carbons (Fsp3) is 0.400. The molecular formula is C20H24O2. The Bertz CT molecular complexity index is 579. The van der Waals surface area contributed by atoms with Crippen LogP contribution < -0.4 is 0 Å². The molecule has 0 N–H and O–H groups in total. The van der Waals surface area contributed by atoms with Crippen molar-refractivity contribution in [2.45, 2.75) is 51.9 Å². The first-order chi connectivity index (χ1) is 10.7. The molecule has 116 valence electrons. The van der Waals surface area contributed by atoms with E-state index in [0.717, 1.165) is 48.8 Å². The summed E-state index contributed by atoms with van der Waals surface area (Å²) in [6.07, 6.45) is 9.56. The maximum absolute atomic E-state index is 12.2. The predicted octanol–water partition coefficient (Wildman–Crippen LogP) is 4.90. The zero-order chi connectivity index (χ0) is 15.8. The van der Waals surface area contributed by atoms with Crippen LogP contribution in [-0.4, -0.2) is 11.6 Å². The molecule has 0 aromatic heterocycles. The second-order valence-electron chi connectivity index (χ2n) is 5.84. The Morgan fingerprint density at radius 3 is 2.59 bits per heavy atom. The van der Waals surface area contributed by atoms with Crippen LogP contribution in [0.4, 0.5) is 0 Å². The van der Waals surface area contributed by atoms with E-state index in [1.807, 2.05) is 30.3 Å². The Kier molecular flexibility index (Phi) is 6.32. The number of ketones is 2. The van der Waals surface area contributed by atoms with E-state index in [-0.39, 0.29) is 11.6 Å². The van der Waals surface area contributed by atoms with Gasteiger partial charge < -0.3 is 0 Å². The van der Waals surface area contributed by atoms with Crippen molar-refractivity contribution >= 4 is 17.1 Å². The third kappa shape index (κ3) is 4.80. The summed E-state index contributed by atoms with van der Waals surface area (Å²) in [6.45, 7) is 2.13. The molecule has 1 aliphatic carbocycles. The molecule has 0 unspecified atom stereocenters. The molecule has 0 spiro atoms. The Balaban J connectivity index is 2.26. The summed E-state index contributed by atoms with van der Waals surface area (Å²) in [5.41, 5.74) is 2.95. The van der Waals surface area contributed by atoms with E-state index in [9.17, 15) is 9.59 Å². The number of unbranched alkanes of at least 4 members (excludes halogenated alkanes) is 2. The minimum atomic E-state index is 0.159. The van der Waals surface area contributed by atoms with Crippen LogP contribution in [0.3, 0.4) is 0 Å². The van der Waals surface area contributed by atoms with Crippen molar-refractivity contribution in [1.82, 2.24) is 0 Å². The highest BCUT2D eigenvalue weighted by molar-refractivity contribution is 6.03. The van der Waals surface area contributed by atoms with Gasteiger partial charge in [0.25, 0.3) is 0 Å². The Morgan fingerprint density at radius 2 is 1.91 bits per heavy atom. The largest absolute Gasteiger partial charge is 0.295 e. The van der Waals surface area contributed by atoms with Crippen LogP contribution in [0.2, 0.25) is 0 Å². The molecule has 0 atom stereocenters. The van der Waals surface area contributed by atoms with Gasteiger partial charge in [-0.15, -0.1) is 0 Å². The SMILES string of the molecule is CCCCCC(=O)/C=C(\C1=CC(=O)CCC1)c1ccccc1. The van der Waals surface area contributed by atoms with Gasteiger partial charge in [0.2, 0.25) is 0 Å². The van der Waals surface area contributed by atoms with Crippen LogP contribution >= 0.6 is 0 Å². The Hall–Kier alpha value is -1.96. The fourth-order valence-electron chi connectivity index (χ4n) is 2.77. The van der Waals surface area contributed by atoms with Gasteiger partial charge in [-0.05, 0) is 48.1 Å². The van der Waals surface area contributed by atoms with Gasteiger partial charge in [-0.25, -0.2) is 0 Å². The highest BCUT2D eigenvalue weighted by atomic mass is 16.1. The molecule has 2 rings (SSSR count). The molecule has 22 heavy (non-hydrogen) atoms. The first-order valence-electron chi connectivity index (χ1n) is 8.24. The molecule has 1 aliphatic rings. The lowest BCUT2D eigenvalue weighted by molar-refractivity contribution is -0.115. The molecule has 1 aromatic rings. The molecule has 2 nitrogen and oxygen atoms in total. The highest BCUT2D eigenvalue weighted by Crippen LogP contribution is 2.30. The zero-order valence-electron chi connectivity index (χ0n) is 13.3. The summed E-state index contributed by atoms with van der Waals surface area (Å²) >= 11 is 0. The van der Waals surface area contributed by atoms with E-state index in [0.29, 0.717) is 12.8 Å². The molecular weight excluding hydrogens is 272 g/mol. The predicted molar refractivity (Wildman–Crippen MR) is 90.5 cm³/mol. The Morgan fingerprint density at radius 1 is 1.14 bits per heavy atom. The van der Waals surface area contributed by atoms with E-state index in [1.165, 1.54) is 0 Å². The van der Waals surface area contributed by atoms with Gasteiger partial charge in [0.15, 0.2) is 11.6 Å². The zero-order valence-corrected chi connectivity index (χ0v) is 13.3. The van der Waals surface area contributed by atoms with Gasteiger partial charge >= 0.3 is 0 Å². The number of rotatable bonds is 7. The van der Waals surface area contributed by atoms with E-state index in [2.05, 4.69) is 6.92 Å². The van der Waals surface area contributed by atoms with Crippen LogP contribution in [0.15, 0.2) is 48.1 Å². The fourth-order valence-corrected chi connectivity index (χ4v) is 2.77. The summed E-state index contributed by atoms with van der Waals surface area (Å²) in [5.74, 6) is 0.327. The molecule has 0 heterocycles. The van der Waals surface area contributed by atoms with Gasteiger partial charge in [-0.3, -0.25) is 9.59 Å². The lowest BCUT2D eigenvalue weighted by Gasteiger charge is -2.16. The standard InChI is InChI=1S/C20H24O2/c1-2-3-5-12-19(22)15-20(16-9-6-4-7-10-16)17-11-8-13-18(21)14-17/h4,6-7,9-10,14-15H,2-3,5,8,11-13H2,1H3/b20-15-. The minimum Gasteiger partial charge on any atom is -0.295 e. The number of carbonyl (C=O) groups is 2. The van der Waals surface area contributed by atoms with Crippen LogP contribution in [0.25, 0.3) is 5.57 Å². The van der Waals surface area contributed by atoms with E-state index < -0.39 is 0 Å². The van der Waals surface area contributed by atoms with Crippen LogP contribution in [-0.2, 0) is 9.59 Å². The molecule has 0 radical (unpaired) electrons. The first kappa shape index (κ1) is 16.4. The van der Waals surface area contributed by atoms with Crippen LogP contribution in [0, 0.1) is 0 Å². The summed E-state index contributed by atoms with van der Waals surface area (Å²) in [7, 11) is 0. The summed E-state index contributed by atoms with van der Waals surface area (Å²) in [4.78, 5) is 24.0. The maximum atomic E-state index is 12.2. The van der Waals surface area contributed by atoms with Crippen molar-refractivity contribution in [3.8, 4) is 0 Å². The van der Waals surface area contributed by atoms with Crippen molar-refractivity contribution in [1.29, 1.82) is 0 Å². The van der Waals surface area contributed by atoms with Crippen molar-refractivity contribution in [3.63, 3.8) is 0 Å². The van der Waals surface area contributed by atoms with Crippen LogP contribution in [0.1, 0.15) is 57.4 Å². The first-order valence-corrected chi connectivity index (χ1v) is 8.24. The third-order valence-electron chi connectivity index (χ3n) is 3.97. The van der Waals surface area contributed by atoms with E-state index >= 15 is 0 Å². The number of carbonyl (C=O) groups excluding carboxylic acids is 2. The maximum Gasteiger partial charge on any atom is 0.156 e. The number of hydrogen-bond donors (Lipinski definition) is 0. The molecule has 1 aromatic carbocycles. The quantitative estimate of drug-likeness (QED) is 0.530. The molecule has 0 bridgehead atoms. The van der Waals surface area contributed by atoms with Crippen molar-refractivity contribution in [2.75, 3.05) is 0 Å². The van der Waals surface area contributed by atoms with Gasteiger partial charge in [0, 0.05) is 12.8 Å². The van der Waals surface area contributed by atoms with Gasteiger partial charge in [-0.1, -0.05) is 50.1 Å². The number of allylic oxidation sites excluding steroid dienone is 4. The normalized spacial score (nSPS) is 15.6. The van der Waals surface area contributed by atoms with Crippen molar-refractivity contribution in [3.05, 3.63) is 53.6 Å². The van der Waals surface area contributed by atoms with Gasteiger partial charge in [-0.2, -0.15) is 0 Å². The van der Waals surface area contributed by atoms with Gasteiger partial charge in [0.05, 0.1) is 0 Å². The monoisotopic (exact) mass is 296 g/mol. The molecule has 0 fully saturated rings. The summed E-state index contributed by atoms with van der Waals surface area (Å²) < 4.78 is 0. The molecule has 0 aliphatic heterocycles. The second-order valence-corrected chi connectivity index (χ2v) is 5.84. The topological polar surface area (TPSA) is 34.1 Å². The Labute approximate surface area is 132 Å². The molecule has 0 amide bonds. The van der Waals surface area contributed by atoms with Crippen LogP contribution in [0.5, 0.6) is 0 Å². The molecule has 0 saturated carbocycles. The van der Waals surface area contributed by atoms with Crippen molar-refractivity contribution in [2.24, 2.45) is 0 Å². The van der Waals surface area contributed by atoms with E-state index in [4.69, 9.17) is 0 Å². The third-order valence-corrected chi connectivity index (χ3v) is 3.97. The van der Waals surface area contributed by atoms with Gasteiger partial charge in [0.1, 0.15) is 0 Å². The number of benzene rings is 1. The second kappa shape index (κ2) is 8.47. The minimum absolute atomic E-state index is 0.159. The lowest BCUT2D eigenvalue weighted by atomic mass is 9.88. The summed E-state index contributed by atoms with van der Waals surface area (Å²) in [5, 5.41) is 0. The van der Waals surface area contributed by atoms with E-state index in [1.54, 1.807) is 12.2 Å². The average molecular weight is 296 g/mol. The van der Waals surface area contributed by atoms with Crippen molar-refractivity contribution < 1.29 is 9.59 Å². The number of hydrogen-bond acceptors (Lipinski definition) is 2. The molecule has 0 saturated heterocycles. The smallest absolute Gasteiger partial charge is 0.156 e. The molecule has 2 heteroatoms.